The quantitative estimate of drug-likeness (QED) is 0.947. The number of nitrogens with zero attached hydrogens (tertiary/aromatic N) is 1. The van der Waals surface area contributed by atoms with Crippen LogP contribution in [0.15, 0.2) is 22.0 Å². The number of nitrogens with one attached hydrogen (secondary N) is 1. The van der Waals surface area contributed by atoms with Crippen molar-refractivity contribution in [2.24, 2.45) is 0 Å². The van der Waals surface area contributed by atoms with E-state index in [1.807, 2.05) is 11.4 Å². The van der Waals surface area contributed by atoms with E-state index in [1.165, 1.54) is 4.88 Å². The summed E-state index contributed by atoms with van der Waals surface area (Å²) in [7, 11) is 0. The third kappa shape index (κ3) is 2.61. The number of carbonyl (C=O) groups is 1. The average Bonchev–Trinajstić information content (AvgIpc) is 3.10. The molecule has 1 amide bonds. The highest BCUT2D eigenvalue weighted by atomic mass is 32.1. The van der Waals surface area contributed by atoms with Gasteiger partial charge in [0, 0.05) is 18.1 Å². The summed E-state index contributed by atoms with van der Waals surface area (Å²) in [5.41, 5.74) is 0.815. The first-order chi connectivity index (χ1) is 10.1. The summed E-state index contributed by atoms with van der Waals surface area (Å²) in [4.78, 5) is 13.8. The normalized spacial score (nSPS) is 17.6. The van der Waals surface area contributed by atoms with Crippen molar-refractivity contribution in [1.29, 1.82) is 0 Å². The van der Waals surface area contributed by atoms with Gasteiger partial charge in [0.1, 0.15) is 11.3 Å². The lowest BCUT2D eigenvalue weighted by Crippen LogP contribution is -2.49. The van der Waals surface area contributed by atoms with Gasteiger partial charge in [-0.15, -0.1) is 11.3 Å². The molecule has 0 aromatic carbocycles. The summed E-state index contributed by atoms with van der Waals surface area (Å²) in [6.45, 7) is 4.85. The van der Waals surface area contributed by atoms with Gasteiger partial charge in [0.05, 0.1) is 11.2 Å². The van der Waals surface area contributed by atoms with Crippen molar-refractivity contribution in [3.8, 4) is 0 Å². The van der Waals surface area contributed by atoms with Crippen molar-refractivity contribution in [3.63, 3.8) is 0 Å². The number of amides is 1. The van der Waals surface area contributed by atoms with Gasteiger partial charge in [-0.2, -0.15) is 0 Å². The largest absolute Gasteiger partial charge is 0.381 e. The highest BCUT2D eigenvalue weighted by Crippen LogP contribution is 2.35. The summed E-state index contributed by atoms with van der Waals surface area (Å²) < 4.78 is 10.6. The van der Waals surface area contributed by atoms with E-state index in [2.05, 4.69) is 16.5 Å². The van der Waals surface area contributed by atoms with Gasteiger partial charge in [-0.3, -0.25) is 4.79 Å². The highest BCUT2D eigenvalue weighted by Gasteiger charge is 2.38. The molecule has 6 heteroatoms. The molecule has 0 aliphatic carbocycles. The predicted octanol–water partition coefficient (Wildman–Crippen LogP) is 2.79. The standard InChI is InChI=1S/C15H18N2O3S/c1-10-13(11(2)20-17-10)14(18)16-15(5-7-19-8-6-15)12-4-3-9-21-12/h3-4,9H,5-8H2,1-2H3,(H,16,18). The van der Waals surface area contributed by atoms with Gasteiger partial charge in [-0.1, -0.05) is 11.2 Å². The molecule has 21 heavy (non-hydrogen) atoms. The van der Waals surface area contributed by atoms with Crippen molar-refractivity contribution in [3.05, 3.63) is 39.4 Å². The molecule has 3 heterocycles. The van der Waals surface area contributed by atoms with Crippen LogP contribution in [0.4, 0.5) is 0 Å². The van der Waals surface area contributed by atoms with Gasteiger partial charge in [-0.05, 0) is 38.1 Å². The monoisotopic (exact) mass is 306 g/mol. The second-order valence-corrected chi connectivity index (χ2v) is 6.27. The van der Waals surface area contributed by atoms with Crippen molar-refractivity contribution >= 4 is 17.2 Å². The fourth-order valence-corrected chi connectivity index (χ4v) is 3.73. The van der Waals surface area contributed by atoms with E-state index in [-0.39, 0.29) is 11.4 Å². The summed E-state index contributed by atoms with van der Waals surface area (Å²) >= 11 is 1.67. The number of thiophene rings is 1. The van der Waals surface area contributed by atoms with Gasteiger partial charge in [0.25, 0.3) is 5.91 Å². The fraction of sp³-hybridized carbons (Fsp3) is 0.467. The Morgan fingerprint density at radius 1 is 1.38 bits per heavy atom. The number of aromatic nitrogens is 1. The Balaban J connectivity index is 1.90. The maximum Gasteiger partial charge on any atom is 0.257 e. The molecule has 1 aliphatic rings. The maximum atomic E-state index is 12.7. The lowest BCUT2D eigenvalue weighted by Gasteiger charge is -2.37. The molecule has 0 spiro atoms. The molecule has 1 aliphatic heterocycles. The second-order valence-electron chi connectivity index (χ2n) is 5.33. The van der Waals surface area contributed by atoms with Gasteiger partial charge in [0.15, 0.2) is 0 Å². The molecule has 0 bridgehead atoms. The van der Waals surface area contributed by atoms with E-state index in [1.54, 1.807) is 25.2 Å². The minimum absolute atomic E-state index is 0.124. The van der Waals surface area contributed by atoms with Crippen LogP contribution < -0.4 is 5.32 Å². The smallest absolute Gasteiger partial charge is 0.257 e. The van der Waals surface area contributed by atoms with Crippen molar-refractivity contribution in [2.75, 3.05) is 13.2 Å². The lowest BCUT2D eigenvalue weighted by molar-refractivity contribution is 0.0357. The number of hydrogen-bond acceptors (Lipinski definition) is 5. The summed E-state index contributed by atoms with van der Waals surface area (Å²) in [6, 6.07) is 4.09. The number of rotatable bonds is 3. The van der Waals surface area contributed by atoms with Crippen LogP contribution >= 0.6 is 11.3 Å². The Hall–Kier alpha value is -1.66. The zero-order valence-electron chi connectivity index (χ0n) is 12.1. The van der Waals surface area contributed by atoms with Gasteiger partial charge >= 0.3 is 0 Å². The second kappa shape index (κ2) is 5.61. The van der Waals surface area contributed by atoms with Crippen molar-refractivity contribution in [1.82, 2.24) is 10.5 Å². The minimum atomic E-state index is -0.348. The van der Waals surface area contributed by atoms with Crippen molar-refractivity contribution < 1.29 is 14.1 Å². The molecule has 112 valence electrons. The highest BCUT2D eigenvalue weighted by molar-refractivity contribution is 7.10. The van der Waals surface area contributed by atoms with Crippen LogP contribution in [0.5, 0.6) is 0 Å². The third-order valence-corrected chi connectivity index (χ3v) is 5.03. The van der Waals surface area contributed by atoms with E-state index in [0.717, 1.165) is 12.8 Å². The molecule has 5 nitrogen and oxygen atoms in total. The topological polar surface area (TPSA) is 64.4 Å². The molecule has 0 radical (unpaired) electrons. The fourth-order valence-electron chi connectivity index (χ4n) is 2.79. The predicted molar refractivity (Wildman–Crippen MR) is 79.5 cm³/mol. The molecule has 0 unspecified atom stereocenters. The SMILES string of the molecule is Cc1noc(C)c1C(=O)NC1(c2cccs2)CCOCC1. The summed E-state index contributed by atoms with van der Waals surface area (Å²) in [5.74, 6) is 0.430. The summed E-state index contributed by atoms with van der Waals surface area (Å²) in [5, 5.41) is 9.10. The molecule has 1 saturated heterocycles. The molecule has 3 rings (SSSR count). The van der Waals surface area contributed by atoms with Gasteiger partial charge in [0.2, 0.25) is 0 Å². The zero-order chi connectivity index (χ0) is 14.9. The molecule has 1 N–H and O–H groups in total. The Bertz CT molecular complexity index is 608. The Morgan fingerprint density at radius 2 is 2.14 bits per heavy atom. The minimum Gasteiger partial charge on any atom is -0.381 e. The molecule has 0 saturated carbocycles. The first-order valence-corrected chi connectivity index (χ1v) is 7.87. The van der Waals surface area contributed by atoms with Crippen LogP contribution in [0.2, 0.25) is 0 Å². The molecular formula is C15H18N2O3S. The van der Waals surface area contributed by atoms with Gasteiger partial charge < -0.3 is 14.6 Å². The van der Waals surface area contributed by atoms with Crippen LogP contribution in [0.3, 0.4) is 0 Å². The Morgan fingerprint density at radius 3 is 2.71 bits per heavy atom. The van der Waals surface area contributed by atoms with Crippen LogP contribution in [0, 0.1) is 13.8 Å². The third-order valence-electron chi connectivity index (χ3n) is 3.95. The molecular weight excluding hydrogens is 288 g/mol. The Labute approximate surface area is 127 Å². The zero-order valence-corrected chi connectivity index (χ0v) is 13.0. The molecule has 2 aromatic rings. The molecule has 1 fully saturated rings. The van der Waals surface area contributed by atoms with Crippen molar-refractivity contribution in [2.45, 2.75) is 32.2 Å². The van der Waals surface area contributed by atoms with E-state index in [9.17, 15) is 4.79 Å². The van der Waals surface area contributed by atoms with Gasteiger partial charge in [-0.25, -0.2) is 0 Å². The lowest BCUT2D eigenvalue weighted by atomic mass is 9.88. The van der Waals surface area contributed by atoms with Crippen LogP contribution in [0.1, 0.15) is 39.5 Å². The molecule has 0 atom stereocenters. The van der Waals surface area contributed by atoms with E-state index >= 15 is 0 Å². The number of aryl methyl sites for hydroxylation is 2. The first-order valence-electron chi connectivity index (χ1n) is 6.99. The first kappa shape index (κ1) is 14.3. The molecule has 2 aromatic heterocycles. The van der Waals surface area contributed by atoms with Crippen LogP contribution in [-0.4, -0.2) is 24.3 Å². The van der Waals surface area contributed by atoms with Crippen LogP contribution in [-0.2, 0) is 10.3 Å². The van der Waals surface area contributed by atoms with E-state index < -0.39 is 0 Å². The average molecular weight is 306 g/mol. The number of carbonyl (C=O) groups excluding carboxylic acids is 1. The van der Waals surface area contributed by atoms with E-state index in [4.69, 9.17) is 9.26 Å². The number of hydrogen-bond donors (Lipinski definition) is 1. The Kier molecular flexibility index (Phi) is 3.82. The maximum absolute atomic E-state index is 12.7. The van der Waals surface area contributed by atoms with Crippen LogP contribution in [0.25, 0.3) is 0 Å². The summed E-state index contributed by atoms with van der Waals surface area (Å²) in [6.07, 6.45) is 1.56. The number of ether oxygens (including phenoxy) is 1. The van der Waals surface area contributed by atoms with E-state index in [0.29, 0.717) is 30.2 Å².